The van der Waals surface area contributed by atoms with Gasteiger partial charge >= 0.3 is 0 Å². The number of nitrogens with zero attached hydrogens (tertiary/aromatic N) is 1. The molecule has 0 fully saturated rings. The van der Waals surface area contributed by atoms with Crippen LogP contribution in [0.25, 0.3) is 66.5 Å². The maximum atomic E-state index is 3.98. The highest BCUT2D eigenvalue weighted by atomic mass is 15.0. The van der Waals surface area contributed by atoms with Gasteiger partial charge in [-0.2, -0.15) is 0 Å². The fourth-order valence-corrected chi connectivity index (χ4v) is 9.20. The average molecular weight is 680 g/mol. The Balaban J connectivity index is 1.19. The topological polar surface area (TPSA) is 4.93 Å². The molecule has 1 nitrogen and oxygen atoms in total. The second kappa shape index (κ2) is 13.1. The molecule has 0 spiro atoms. The number of rotatable bonds is 6. The van der Waals surface area contributed by atoms with Crippen LogP contribution in [-0.2, 0) is 6.42 Å². The number of hydrogen-bond donors (Lipinski definition) is 0. The van der Waals surface area contributed by atoms with Crippen LogP contribution in [0.5, 0.6) is 0 Å². The molecule has 1 heteroatoms. The Morgan fingerprint density at radius 2 is 1.34 bits per heavy atom. The van der Waals surface area contributed by atoms with Crippen LogP contribution in [-0.4, -0.2) is 4.57 Å². The second-order valence-corrected chi connectivity index (χ2v) is 14.7. The van der Waals surface area contributed by atoms with Crippen molar-refractivity contribution in [3.63, 3.8) is 0 Å². The van der Waals surface area contributed by atoms with Crippen molar-refractivity contribution >= 4 is 38.5 Å². The summed E-state index contributed by atoms with van der Waals surface area (Å²) in [6, 6.07) is 45.3. The molecule has 0 saturated carbocycles. The third kappa shape index (κ3) is 5.39. The molecule has 2 atom stereocenters. The molecule has 7 aromatic rings. The summed E-state index contributed by atoms with van der Waals surface area (Å²) in [6.45, 7) is 3.98. The third-order valence-electron chi connectivity index (χ3n) is 11.8. The van der Waals surface area contributed by atoms with E-state index >= 15 is 0 Å². The van der Waals surface area contributed by atoms with E-state index in [1.54, 1.807) is 0 Å². The van der Waals surface area contributed by atoms with Crippen molar-refractivity contribution in [2.75, 3.05) is 0 Å². The van der Waals surface area contributed by atoms with E-state index in [0.717, 1.165) is 25.7 Å². The van der Waals surface area contributed by atoms with Crippen molar-refractivity contribution < 1.29 is 0 Å². The van der Waals surface area contributed by atoms with Crippen molar-refractivity contribution in [1.29, 1.82) is 0 Å². The standard InChI is InChI=1S/C52H41N/c1-2-35-22-24-36(25-23-35)39-27-30-49-46(32-39)47-33-41(28-31-50(47)53(49)42-18-10-5-11-19-42)40-26-29-45-48(34-40)52(38-16-8-4-9-17-38)44-21-13-12-20-43(44)51(45)37-14-6-3-7-15-37/h2-14,16-24,26,28-29,31-34,36-37H,1,15,25,27,30H2. The highest BCUT2D eigenvalue weighted by Crippen LogP contribution is 2.46. The van der Waals surface area contributed by atoms with Gasteiger partial charge in [-0.3, -0.25) is 0 Å². The SMILES string of the molecule is C=CC1=CCC(C2=Cc3c(n(-c4ccccc4)c4ccc(-c5ccc6c(C7C=CC=CC7)c7ccccc7c(-c7ccccc7)c6c5)cc34)CC2)C=C1. The molecule has 0 aliphatic heterocycles. The Morgan fingerprint density at radius 3 is 2.09 bits per heavy atom. The number of aromatic nitrogens is 1. The largest absolute Gasteiger partial charge is 0.313 e. The first-order chi connectivity index (χ1) is 26.2. The van der Waals surface area contributed by atoms with E-state index in [9.17, 15) is 0 Å². The Bertz CT molecular complexity index is 2730. The lowest BCUT2D eigenvalue weighted by Gasteiger charge is -2.23. The van der Waals surface area contributed by atoms with Gasteiger partial charge in [-0.15, -0.1) is 0 Å². The number of benzene rings is 6. The molecule has 2 unspecified atom stereocenters. The van der Waals surface area contributed by atoms with Crippen LogP contribution < -0.4 is 0 Å². The van der Waals surface area contributed by atoms with Crippen LogP contribution in [0.2, 0.25) is 0 Å². The molecule has 254 valence electrons. The summed E-state index contributed by atoms with van der Waals surface area (Å²) in [7, 11) is 0. The first-order valence-corrected chi connectivity index (χ1v) is 19.1. The Kier molecular flexibility index (Phi) is 7.80. The minimum absolute atomic E-state index is 0.336. The van der Waals surface area contributed by atoms with Crippen LogP contribution in [0.1, 0.15) is 42.0 Å². The number of hydrogen-bond acceptors (Lipinski definition) is 0. The van der Waals surface area contributed by atoms with Crippen LogP contribution in [0.15, 0.2) is 188 Å². The minimum Gasteiger partial charge on any atom is -0.313 e. The van der Waals surface area contributed by atoms with Crippen LogP contribution in [0, 0.1) is 5.92 Å². The smallest absolute Gasteiger partial charge is 0.0538 e. The van der Waals surface area contributed by atoms with Crippen molar-refractivity contribution in [2.24, 2.45) is 5.92 Å². The molecule has 0 radical (unpaired) electrons. The fraction of sp³-hybridized carbons (Fsp3) is 0.115. The van der Waals surface area contributed by atoms with Gasteiger partial charge in [0.2, 0.25) is 0 Å². The summed E-state index contributed by atoms with van der Waals surface area (Å²) in [5, 5.41) is 6.63. The predicted molar refractivity (Wildman–Crippen MR) is 227 cm³/mol. The first-order valence-electron chi connectivity index (χ1n) is 19.1. The highest BCUT2D eigenvalue weighted by molar-refractivity contribution is 6.16. The van der Waals surface area contributed by atoms with Gasteiger partial charge in [-0.05, 0) is 111 Å². The number of fused-ring (bicyclic) bond motifs is 5. The summed E-state index contributed by atoms with van der Waals surface area (Å²) >= 11 is 0. The van der Waals surface area contributed by atoms with Crippen LogP contribution >= 0.6 is 0 Å². The van der Waals surface area contributed by atoms with Gasteiger partial charge in [0.15, 0.2) is 0 Å². The van der Waals surface area contributed by atoms with Gasteiger partial charge in [-0.25, -0.2) is 0 Å². The molecule has 0 bridgehead atoms. The number of para-hydroxylation sites is 1. The van der Waals surface area contributed by atoms with Crippen LogP contribution in [0.3, 0.4) is 0 Å². The summed E-state index contributed by atoms with van der Waals surface area (Å²) in [5.41, 5.74) is 14.5. The molecule has 6 aromatic carbocycles. The minimum atomic E-state index is 0.336. The molecule has 1 aromatic heterocycles. The zero-order valence-corrected chi connectivity index (χ0v) is 29.9. The average Bonchev–Trinajstić information content (AvgIpc) is 3.56. The van der Waals surface area contributed by atoms with E-state index in [1.807, 2.05) is 6.08 Å². The van der Waals surface area contributed by atoms with E-state index in [4.69, 9.17) is 0 Å². The van der Waals surface area contributed by atoms with E-state index in [0.29, 0.717) is 11.8 Å². The molecule has 53 heavy (non-hydrogen) atoms. The maximum absolute atomic E-state index is 3.98. The molecule has 1 heterocycles. The lowest BCUT2D eigenvalue weighted by Crippen LogP contribution is -2.10. The normalized spacial score (nSPS) is 18.0. The second-order valence-electron chi connectivity index (χ2n) is 14.7. The molecule has 10 rings (SSSR count). The quantitative estimate of drug-likeness (QED) is 0.154. The monoisotopic (exact) mass is 679 g/mol. The lowest BCUT2D eigenvalue weighted by molar-refractivity contribution is 0.699. The van der Waals surface area contributed by atoms with Crippen molar-refractivity contribution in [1.82, 2.24) is 4.57 Å². The molecule has 0 saturated heterocycles. The summed E-state index contributed by atoms with van der Waals surface area (Å²) < 4.78 is 2.51. The zero-order chi connectivity index (χ0) is 35.3. The lowest BCUT2D eigenvalue weighted by atomic mass is 9.81. The van der Waals surface area contributed by atoms with Crippen molar-refractivity contribution in [3.05, 3.63) is 204 Å². The van der Waals surface area contributed by atoms with E-state index in [2.05, 4.69) is 181 Å². The first kappa shape index (κ1) is 31.5. The Labute approximate surface area is 311 Å². The van der Waals surface area contributed by atoms with E-state index in [-0.39, 0.29) is 0 Å². The van der Waals surface area contributed by atoms with Gasteiger partial charge in [0, 0.05) is 34.2 Å². The molecular weight excluding hydrogens is 639 g/mol. The molecular formula is C52H41N. The fourth-order valence-electron chi connectivity index (χ4n) is 9.20. The zero-order valence-electron chi connectivity index (χ0n) is 29.9. The molecule has 3 aliphatic rings. The molecule has 0 amide bonds. The van der Waals surface area contributed by atoms with Gasteiger partial charge in [-0.1, -0.05) is 158 Å². The van der Waals surface area contributed by atoms with E-state index < -0.39 is 0 Å². The van der Waals surface area contributed by atoms with Crippen molar-refractivity contribution in [2.45, 2.75) is 31.6 Å². The molecule has 3 aliphatic carbocycles. The third-order valence-corrected chi connectivity index (χ3v) is 11.8. The Morgan fingerprint density at radius 1 is 0.604 bits per heavy atom. The highest BCUT2D eigenvalue weighted by Gasteiger charge is 2.25. The van der Waals surface area contributed by atoms with Gasteiger partial charge < -0.3 is 4.57 Å². The summed E-state index contributed by atoms with van der Waals surface area (Å²) in [4.78, 5) is 0. The van der Waals surface area contributed by atoms with Crippen molar-refractivity contribution in [3.8, 4) is 27.9 Å². The summed E-state index contributed by atoms with van der Waals surface area (Å²) in [6.07, 6.45) is 24.7. The van der Waals surface area contributed by atoms with Gasteiger partial charge in [0.05, 0.1) is 5.52 Å². The number of allylic oxidation sites excluding steroid dienone is 10. The van der Waals surface area contributed by atoms with Gasteiger partial charge in [0.1, 0.15) is 0 Å². The Hall–Kier alpha value is -6.18. The molecule has 0 N–H and O–H groups in total. The van der Waals surface area contributed by atoms with Gasteiger partial charge in [0.25, 0.3) is 0 Å². The van der Waals surface area contributed by atoms with E-state index in [1.165, 1.54) is 88.4 Å². The summed E-state index contributed by atoms with van der Waals surface area (Å²) in [5.74, 6) is 0.767. The van der Waals surface area contributed by atoms with Crippen LogP contribution in [0.4, 0.5) is 0 Å². The predicted octanol–water partition coefficient (Wildman–Crippen LogP) is 13.9. The maximum Gasteiger partial charge on any atom is 0.0538 e.